The maximum atomic E-state index is 12.7. The number of carbonyl (C=O) groups excluding carboxylic acids is 2. The van der Waals surface area contributed by atoms with Crippen LogP contribution in [0.2, 0.25) is 0 Å². The standard InChI is InChI=1S/C16H30N6O5/c1-3-11-7-9-21(13(10-11)15(24)27-4-2)14(23)12(17)6-5-8-19-16(18)20-22(25)26/h11-13H,3-10,17H2,1-2H3,(H3,18,19,20)/t11-,12+,13-/m1/s1. The van der Waals surface area contributed by atoms with Crippen molar-refractivity contribution in [1.29, 1.82) is 0 Å². The number of hydrogen-bond donors (Lipinski definition) is 3. The maximum Gasteiger partial charge on any atom is 0.328 e. The van der Waals surface area contributed by atoms with E-state index < -0.39 is 17.1 Å². The first-order chi connectivity index (χ1) is 12.8. The lowest BCUT2D eigenvalue weighted by Gasteiger charge is -2.39. The molecular weight excluding hydrogens is 356 g/mol. The second-order valence-corrected chi connectivity index (χ2v) is 6.48. The van der Waals surface area contributed by atoms with E-state index in [1.807, 2.05) is 0 Å². The summed E-state index contributed by atoms with van der Waals surface area (Å²) in [4.78, 5) is 40.5. The summed E-state index contributed by atoms with van der Waals surface area (Å²) in [6, 6.07) is -1.37. The number of guanidine groups is 1. The Labute approximate surface area is 158 Å². The number of nitrogens with one attached hydrogen (secondary N) is 1. The van der Waals surface area contributed by atoms with Crippen LogP contribution in [0.25, 0.3) is 0 Å². The van der Waals surface area contributed by atoms with Crippen LogP contribution in [-0.4, -0.2) is 59.5 Å². The van der Waals surface area contributed by atoms with Crippen LogP contribution in [0.4, 0.5) is 0 Å². The fourth-order valence-electron chi connectivity index (χ4n) is 3.11. The Bertz CT molecular complexity index is 555. The van der Waals surface area contributed by atoms with Gasteiger partial charge in [-0.2, -0.15) is 0 Å². The highest BCUT2D eigenvalue weighted by Gasteiger charge is 2.38. The Balaban J connectivity index is 2.60. The van der Waals surface area contributed by atoms with E-state index in [2.05, 4.69) is 11.9 Å². The lowest BCUT2D eigenvalue weighted by atomic mass is 9.88. The molecule has 5 N–H and O–H groups in total. The molecule has 1 amide bonds. The number of ether oxygens (including phenoxy) is 1. The zero-order valence-corrected chi connectivity index (χ0v) is 15.9. The van der Waals surface area contributed by atoms with E-state index in [1.165, 1.54) is 4.90 Å². The summed E-state index contributed by atoms with van der Waals surface area (Å²) in [7, 11) is 0. The molecule has 0 radical (unpaired) electrons. The van der Waals surface area contributed by atoms with Gasteiger partial charge in [0.15, 0.2) is 5.03 Å². The molecule has 0 aromatic carbocycles. The minimum atomic E-state index is -0.802. The number of likely N-dealkylation sites (tertiary alicyclic amines) is 1. The van der Waals surface area contributed by atoms with Crippen LogP contribution in [-0.2, 0) is 14.3 Å². The van der Waals surface area contributed by atoms with Crippen LogP contribution in [0.3, 0.4) is 0 Å². The SMILES string of the molecule is CCOC(=O)[C@H]1C[C@H](CC)CCN1C(=O)[C@@H](N)CCCN=C(N)N[N+](=O)[O-]. The molecule has 1 aliphatic rings. The molecule has 0 spiro atoms. The van der Waals surface area contributed by atoms with E-state index >= 15 is 0 Å². The number of nitrogens with two attached hydrogens (primary N) is 2. The molecule has 1 heterocycles. The molecule has 0 saturated carbocycles. The fourth-order valence-corrected chi connectivity index (χ4v) is 3.11. The van der Waals surface area contributed by atoms with Gasteiger partial charge in [-0.3, -0.25) is 4.79 Å². The van der Waals surface area contributed by atoms with Gasteiger partial charge in [0.1, 0.15) is 6.04 Å². The first-order valence-electron chi connectivity index (χ1n) is 9.23. The van der Waals surface area contributed by atoms with Gasteiger partial charge in [0.05, 0.1) is 12.6 Å². The van der Waals surface area contributed by atoms with E-state index in [1.54, 1.807) is 12.3 Å². The van der Waals surface area contributed by atoms with E-state index in [9.17, 15) is 19.7 Å². The number of nitro groups is 1. The van der Waals surface area contributed by atoms with Crippen LogP contribution in [0.1, 0.15) is 46.0 Å². The second-order valence-electron chi connectivity index (χ2n) is 6.48. The molecule has 1 saturated heterocycles. The van der Waals surface area contributed by atoms with Crippen LogP contribution in [0.15, 0.2) is 4.99 Å². The normalized spacial score (nSPS) is 21.4. The van der Waals surface area contributed by atoms with Gasteiger partial charge in [-0.05, 0) is 38.5 Å². The highest BCUT2D eigenvalue weighted by Crippen LogP contribution is 2.27. The fraction of sp³-hybridized carbons (Fsp3) is 0.812. The molecule has 0 aromatic heterocycles. The van der Waals surface area contributed by atoms with Gasteiger partial charge in [0.25, 0.3) is 5.96 Å². The first kappa shape index (κ1) is 22.6. The van der Waals surface area contributed by atoms with Crippen molar-refractivity contribution in [2.45, 2.75) is 58.0 Å². The molecular formula is C16H30N6O5. The number of esters is 1. The topological polar surface area (TPSA) is 166 Å². The minimum Gasteiger partial charge on any atom is -0.464 e. The Kier molecular flexibility index (Phi) is 9.48. The van der Waals surface area contributed by atoms with E-state index in [0.29, 0.717) is 31.7 Å². The summed E-state index contributed by atoms with van der Waals surface area (Å²) in [5.41, 5.74) is 13.1. The van der Waals surface area contributed by atoms with Gasteiger partial charge >= 0.3 is 5.97 Å². The van der Waals surface area contributed by atoms with Crippen molar-refractivity contribution >= 4 is 17.8 Å². The summed E-state index contributed by atoms with van der Waals surface area (Å²) in [5, 5.41) is 9.42. The van der Waals surface area contributed by atoms with Crippen LogP contribution < -0.4 is 16.9 Å². The van der Waals surface area contributed by atoms with Gasteiger partial charge in [-0.1, -0.05) is 18.8 Å². The van der Waals surface area contributed by atoms with Crippen molar-refractivity contribution in [3.63, 3.8) is 0 Å². The molecule has 154 valence electrons. The summed E-state index contributed by atoms with van der Waals surface area (Å²) in [5.74, 6) is -0.600. The quantitative estimate of drug-likeness (QED) is 0.122. The Morgan fingerprint density at radius 2 is 2.15 bits per heavy atom. The number of nitrogens with zero attached hydrogens (tertiary/aromatic N) is 3. The highest BCUT2D eigenvalue weighted by atomic mass is 16.7. The van der Waals surface area contributed by atoms with Crippen molar-refractivity contribution in [3.05, 3.63) is 10.1 Å². The molecule has 0 unspecified atom stereocenters. The molecule has 1 rings (SSSR count). The number of hydrazine groups is 1. The third kappa shape index (κ3) is 7.37. The molecule has 0 aromatic rings. The number of aliphatic imine (C=N–C) groups is 1. The van der Waals surface area contributed by atoms with Crippen molar-refractivity contribution in [2.75, 3.05) is 19.7 Å². The summed E-state index contributed by atoms with van der Waals surface area (Å²) in [6.07, 6.45) is 3.13. The zero-order valence-electron chi connectivity index (χ0n) is 15.9. The summed E-state index contributed by atoms with van der Waals surface area (Å²) < 4.78 is 5.12. The van der Waals surface area contributed by atoms with Gasteiger partial charge < -0.3 is 21.1 Å². The molecule has 3 atom stereocenters. The third-order valence-corrected chi connectivity index (χ3v) is 4.61. The zero-order chi connectivity index (χ0) is 20.4. The number of amides is 1. The number of hydrogen-bond acceptors (Lipinski definition) is 7. The molecule has 0 aliphatic carbocycles. The van der Waals surface area contributed by atoms with Gasteiger partial charge in [0.2, 0.25) is 5.91 Å². The lowest BCUT2D eigenvalue weighted by molar-refractivity contribution is -0.525. The van der Waals surface area contributed by atoms with E-state index in [0.717, 1.165) is 12.8 Å². The average molecular weight is 386 g/mol. The maximum absolute atomic E-state index is 12.7. The molecule has 11 heteroatoms. The number of rotatable bonds is 9. The monoisotopic (exact) mass is 386 g/mol. The van der Waals surface area contributed by atoms with Crippen molar-refractivity contribution < 1.29 is 19.4 Å². The largest absolute Gasteiger partial charge is 0.464 e. The minimum absolute atomic E-state index is 0.201. The summed E-state index contributed by atoms with van der Waals surface area (Å²) in [6.45, 7) is 4.74. The average Bonchev–Trinajstić information content (AvgIpc) is 2.63. The second kappa shape index (κ2) is 11.3. The van der Waals surface area contributed by atoms with Crippen LogP contribution in [0.5, 0.6) is 0 Å². The predicted molar refractivity (Wildman–Crippen MR) is 99.0 cm³/mol. The molecule has 0 bridgehead atoms. The Morgan fingerprint density at radius 1 is 1.44 bits per heavy atom. The van der Waals surface area contributed by atoms with Crippen molar-refractivity contribution in [3.8, 4) is 0 Å². The number of carbonyl (C=O) groups is 2. The molecule has 1 aliphatic heterocycles. The van der Waals surface area contributed by atoms with Gasteiger partial charge in [-0.25, -0.2) is 19.9 Å². The van der Waals surface area contributed by atoms with Crippen LogP contribution in [0, 0.1) is 16.0 Å². The van der Waals surface area contributed by atoms with Crippen LogP contribution >= 0.6 is 0 Å². The van der Waals surface area contributed by atoms with Crippen molar-refractivity contribution in [1.82, 2.24) is 10.3 Å². The van der Waals surface area contributed by atoms with Gasteiger partial charge in [-0.15, -0.1) is 0 Å². The Hall–Kier alpha value is -2.43. The molecule has 11 nitrogen and oxygen atoms in total. The molecule has 27 heavy (non-hydrogen) atoms. The third-order valence-electron chi connectivity index (χ3n) is 4.61. The Morgan fingerprint density at radius 3 is 2.74 bits per heavy atom. The van der Waals surface area contributed by atoms with Gasteiger partial charge in [0, 0.05) is 13.1 Å². The molecule has 1 fully saturated rings. The smallest absolute Gasteiger partial charge is 0.328 e. The van der Waals surface area contributed by atoms with Crippen molar-refractivity contribution in [2.24, 2.45) is 22.4 Å². The lowest BCUT2D eigenvalue weighted by Crippen LogP contribution is -2.55. The number of piperidine rings is 1. The summed E-state index contributed by atoms with van der Waals surface area (Å²) >= 11 is 0. The highest BCUT2D eigenvalue weighted by molar-refractivity contribution is 5.87. The van der Waals surface area contributed by atoms with E-state index in [4.69, 9.17) is 16.2 Å². The predicted octanol–water partition coefficient (Wildman–Crippen LogP) is -0.230. The van der Waals surface area contributed by atoms with E-state index in [-0.39, 0.29) is 31.0 Å². The first-order valence-corrected chi connectivity index (χ1v) is 9.23.